The highest BCUT2D eigenvalue weighted by Crippen LogP contribution is 2.27. The predicted molar refractivity (Wildman–Crippen MR) is 116 cm³/mol. The third-order valence-electron chi connectivity index (χ3n) is 4.70. The van der Waals surface area contributed by atoms with Gasteiger partial charge in [0.1, 0.15) is 6.54 Å². The van der Waals surface area contributed by atoms with Gasteiger partial charge in [-0.2, -0.15) is 0 Å². The molecule has 1 atom stereocenters. The first kappa shape index (κ1) is 21.4. The fraction of sp³-hybridized carbons (Fsp3) is 0.364. The number of aliphatic hydroxyl groups excluding tert-OH is 1. The summed E-state index contributed by atoms with van der Waals surface area (Å²) >= 11 is 0. The number of carbonyl (C=O) groups excluding carboxylic acids is 1. The molecule has 160 valence electrons. The van der Waals surface area contributed by atoms with E-state index >= 15 is 0 Å². The molecule has 0 radical (unpaired) electrons. The lowest BCUT2D eigenvalue weighted by Gasteiger charge is -2.13. The van der Waals surface area contributed by atoms with E-state index in [4.69, 9.17) is 9.47 Å². The van der Waals surface area contributed by atoms with Crippen molar-refractivity contribution in [1.82, 2.24) is 14.9 Å². The fourth-order valence-electron chi connectivity index (χ4n) is 3.19. The molecule has 3 rings (SSSR count). The van der Waals surface area contributed by atoms with E-state index in [-0.39, 0.29) is 12.5 Å². The van der Waals surface area contributed by atoms with Crippen LogP contribution < -0.4 is 20.1 Å². The van der Waals surface area contributed by atoms with Crippen LogP contribution in [0.4, 0.5) is 5.95 Å². The third-order valence-corrected chi connectivity index (χ3v) is 4.70. The number of anilines is 1. The topological polar surface area (TPSA) is 97.6 Å². The molecule has 1 aromatic heterocycles. The Labute approximate surface area is 175 Å². The van der Waals surface area contributed by atoms with E-state index in [1.807, 2.05) is 47.0 Å². The number of methoxy groups -OCH3 is 2. The van der Waals surface area contributed by atoms with E-state index in [1.165, 1.54) is 0 Å². The molecule has 1 amide bonds. The summed E-state index contributed by atoms with van der Waals surface area (Å²) in [6.45, 7) is 2.68. The monoisotopic (exact) mass is 412 g/mol. The summed E-state index contributed by atoms with van der Waals surface area (Å²) in [6, 6.07) is 13.4. The van der Waals surface area contributed by atoms with Crippen LogP contribution in [0, 0.1) is 0 Å². The van der Waals surface area contributed by atoms with Crippen LogP contribution in [0.2, 0.25) is 0 Å². The first-order chi connectivity index (χ1) is 14.5. The number of hydrogen-bond acceptors (Lipinski definition) is 6. The minimum absolute atomic E-state index is 0.112. The number of imidazole rings is 1. The number of amides is 1. The molecule has 8 heteroatoms. The second kappa shape index (κ2) is 9.98. The summed E-state index contributed by atoms with van der Waals surface area (Å²) < 4.78 is 12.4. The summed E-state index contributed by atoms with van der Waals surface area (Å²) in [6.07, 6.45) is 0.151. The van der Waals surface area contributed by atoms with Crippen LogP contribution in [0.1, 0.15) is 12.5 Å². The van der Waals surface area contributed by atoms with Gasteiger partial charge in [-0.05, 0) is 43.2 Å². The minimum Gasteiger partial charge on any atom is -0.493 e. The Hall–Kier alpha value is -3.26. The second-order valence-electron chi connectivity index (χ2n) is 7.03. The highest BCUT2D eigenvalue weighted by Gasteiger charge is 2.14. The lowest BCUT2D eigenvalue weighted by molar-refractivity contribution is -0.121. The van der Waals surface area contributed by atoms with E-state index < -0.39 is 6.10 Å². The van der Waals surface area contributed by atoms with Gasteiger partial charge in [-0.3, -0.25) is 4.79 Å². The molecule has 0 bridgehead atoms. The number of aromatic nitrogens is 2. The molecular weight excluding hydrogens is 384 g/mol. The number of para-hydroxylation sites is 2. The number of nitrogens with one attached hydrogen (secondary N) is 2. The lowest BCUT2D eigenvalue weighted by Crippen LogP contribution is -2.30. The Morgan fingerprint density at radius 1 is 1.17 bits per heavy atom. The first-order valence-electron chi connectivity index (χ1n) is 9.86. The Morgan fingerprint density at radius 3 is 2.67 bits per heavy atom. The van der Waals surface area contributed by atoms with Crippen molar-refractivity contribution in [3.05, 3.63) is 48.0 Å². The highest BCUT2D eigenvalue weighted by molar-refractivity contribution is 5.83. The number of hydrogen-bond donors (Lipinski definition) is 3. The zero-order valence-corrected chi connectivity index (χ0v) is 17.5. The smallest absolute Gasteiger partial charge is 0.240 e. The van der Waals surface area contributed by atoms with Gasteiger partial charge in [-0.1, -0.05) is 18.2 Å². The lowest BCUT2D eigenvalue weighted by atomic mass is 10.1. The van der Waals surface area contributed by atoms with Crippen molar-refractivity contribution < 1.29 is 19.4 Å². The number of nitrogens with zero attached hydrogens (tertiary/aromatic N) is 2. The van der Waals surface area contributed by atoms with Gasteiger partial charge in [-0.15, -0.1) is 0 Å². The van der Waals surface area contributed by atoms with Crippen LogP contribution in [0.5, 0.6) is 11.5 Å². The van der Waals surface area contributed by atoms with Crippen molar-refractivity contribution in [2.24, 2.45) is 0 Å². The number of rotatable bonds is 10. The Balaban J connectivity index is 1.63. The molecule has 3 aromatic rings. The first-order valence-corrected chi connectivity index (χ1v) is 9.86. The van der Waals surface area contributed by atoms with Crippen LogP contribution in [0.15, 0.2) is 42.5 Å². The van der Waals surface area contributed by atoms with Gasteiger partial charge in [0, 0.05) is 13.1 Å². The van der Waals surface area contributed by atoms with Gasteiger partial charge in [0.2, 0.25) is 11.9 Å². The van der Waals surface area contributed by atoms with Crippen molar-refractivity contribution in [3.63, 3.8) is 0 Å². The fourth-order valence-corrected chi connectivity index (χ4v) is 3.19. The predicted octanol–water partition coefficient (Wildman–Crippen LogP) is 2.21. The Kier molecular flexibility index (Phi) is 7.13. The van der Waals surface area contributed by atoms with Gasteiger partial charge in [0.15, 0.2) is 11.5 Å². The summed E-state index contributed by atoms with van der Waals surface area (Å²) in [5.41, 5.74) is 2.70. The maximum atomic E-state index is 12.6. The molecule has 0 aliphatic carbocycles. The van der Waals surface area contributed by atoms with Crippen LogP contribution >= 0.6 is 0 Å². The minimum atomic E-state index is -0.520. The Bertz CT molecular complexity index is 1000. The van der Waals surface area contributed by atoms with Crippen LogP contribution in [0.25, 0.3) is 11.0 Å². The molecule has 0 aliphatic heterocycles. The molecule has 0 spiro atoms. The van der Waals surface area contributed by atoms with Crippen LogP contribution in [-0.4, -0.2) is 54.0 Å². The molecule has 30 heavy (non-hydrogen) atoms. The van der Waals surface area contributed by atoms with Gasteiger partial charge in [-0.25, -0.2) is 4.98 Å². The zero-order valence-electron chi connectivity index (χ0n) is 17.5. The molecular formula is C22H28N4O4. The van der Waals surface area contributed by atoms with E-state index in [0.717, 1.165) is 16.6 Å². The average molecular weight is 412 g/mol. The van der Waals surface area contributed by atoms with Crippen LogP contribution in [0.3, 0.4) is 0 Å². The quantitative estimate of drug-likeness (QED) is 0.472. The van der Waals surface area contributed by atoms with Gasteiger partial charge < -0.3 is 29.8 Å². The molecule has 0 aliphatic rings. The molecule has 8 nitrogen and oxygen atoms in total. The standard InChI is InChI=1S/C22H28N4O4/c1-15(27)13-24-22-25-17-6-4-5-7-18(17)26(22)14-21(28)23-11-10-16-8-9-19(29-2)20(12-16)30-3/h4-9,12,15,27H,10-11,13-14H2,1-3H3,(H,23,28)(H,24,25). The number of benzene rings is 2. The van der Waals surface area contributed by atoms with Crippen molar-refractivity contribution in [3.8, 4) is 11.5 Å². The molecule has 0 saturated heterocycles. The van der Waals surface area contributed by atoms with Crippen molar-refractivity contribution in [2.75, 3.05) is 32.6 Å². The number of carbonyl (C=O) groups is 1. The molecule has 2 aromatic carbocycles. The van der Waals surface area contributed by atoms with E-state index in [9.17, 15) is 9.90 Å². The van der Waals surface area contributed by atoms with E-state index in [2.05, 4.69) is 15.6 Å². The summed E-state index contributed by atoms with van der Waals surface area (Å²) in [7, 11) is 3.20. The third kappa shape index (κ3) is 5.21. The molecule has 0 fully saturated rings. The maximum Gasteiger partial charge on any atom is 0.240 e. The zero-order chi connectivity index (χ0) is 21.5. The number of aliphatic hydroxyl groups is 1. The van der Waals surface area contributed by atoms with Crippen molar-refractivity contribution >= 4 is 22.9 Å². The molecule has 1 heterocycles. The SMILES string of the molecule is COc1ccc(CCNC(=O)Cn2c(NCC(C)O)nc3ccccc32)cc1OC. The van der Waals surface area contributed by atoms with Gasteiger partial charge >= 0.3 is 0 Å². The second-order valence-corrected chi connectivity index (χ2v) is 7.03. The summed E-state index contributed by atoms with van der Waals surface area (Å²) in [5, 5.41) is 15.6. The van der Waals surface area contributed by atoms with Gasteiger partial charge in [0.05, 0.1) is 31.4 Å². The summed E-state index contributed by atoms with van der Waals surface area (Å²) in [5.74, 6) is 1.79. The van der Waals surface area contributed by atoms with Gasteiger partial charge in [0.25, 0.3) is 0 Å². The number of fused-ring (bicyclic) bond motifs is 1. The average Bonchev–Trinajstić information content (AvgIpc) is 3.09. The summed E-state index contributed by atoms with van der Waals surface area (Å²) in [4.78, 5) is 17.1. The van der Waals surface area contributed by atoms with Crippen molar-refractivity contribution in [2.45, 2.75) is 26.0 Å². The van der Waals surface area contributed by atoms with Crippen LogP contribution in [-0.2, 0) is 17.8 Å². The van der Waals surface area contributed by atoms with E-state index in [1.54, 1.807) is 21.1 Å². The molecule has 1 unspecified atom stereocenters. The molecule has 3 N–H and O–H groups in total. The van der Waals surface area contributed by atoms with E-state index in [0.29, 0.717) is 37.0 Å². The Morgan fingerprint density at radius 2 is 1.93 bits per heavy atom. The highest BCUT2D eigenvalue weighted by atomic mass is 16.5. The molecule has 0 saturated carbocycles. The largest absolute Gasteiger partial charge is 0.493 e. The maximum absolute atomic E-state index is 12.6. The number of ether oxygens (including phenoxy) is 2. The normalized spacial score (nSPS) is 11.9. The van der Waals surface area contributed by atoms with Crippen molar-refractivity contribution in [1.29, 1.82) is 0 Å².